The zero-order valence-corrected chi connectivity index (χ0v) is 12.8. The average Bonchev–Trinajstić information content (AvgIpc) is 2.50. The smallest absolute Gasteiger partial charge is 0.170 e. The first-order chi connectivity index (χ1) is 10.2. The van der Waals surface area contributed by atoms with Crippen LogP contribution in [0.5, 0.6) is 0 Å². The van der Waals surface area contributed by atoms with Crippen molar-refractivity contribution in [3.05, 3.63) is 65.5 Å². The van der Waals surface area contributed by atoms with E-state index < -0.39 is 0 Å². The van der Waals surface area contributed by atoms with Crippen LogP contribution in [0.1, 0.15) is 18.1 Å². The molecule has 0 fully saturated rings. The summed E-state index contributed by atoms with van der Waals surface area (Å²) in [7, 11) is 0. The van der Waals surface area contributed by atoms with Crippen molar-refractivity contribution in [2.24, 2.45) is 0 Å². The van der Waals surface area contributed by atoms with Crippen molar-refractivity contribution < 1.29 is 4.39 Å². The molecule has 0 heterocycles. The van der Waals surface area contributed by atoms with Gasteiger partial charge in [-0.3, -0.25) is 0 Å². The molecule has 4 heteroatoms. The molecule has 2 N–H and O–H groups in total. The summed E-state index contributed by atoms with van der Waals surface area (Å²) >= 11 is 5.23. The van der Waals surface area contributed by atoms with Gasteiger partial charge in [0.15, 0.2) is 5.11 Å². The fourth-order valence-corrected chi connectivity index (χ4v) is 2.23. The predicted octanol–water partition coefficient (Wildman–Crippen LogP) is 3.92. The molecule has 0 radical (unpaired) electrons. The molecule has 0 saturated carbocycles. The molecule has 0 spiro atoms. The molecule has 2 rings (SSSR count). The van der Waals surface area contributed by atoms with Crippen LogP contribution < -0.4 is 10.6 Å². The molecule has 2 nitrogen and oxygen atoms in total. The average molecular weight is 302 g/mol. The Balaban J connectivity index is 1.78. The Hall–Kier alpha value is -1.94. The Labute approximate surface area is 130 Å². The number of aryl methyl sites for hydroxylation is 1. The van der Waals surface area contributed by atoms with Crippen LogP contribution in [0, 0.1) is 5.82 Å². The van der Waals surface area contributed by atoms with Crippen LogP contribution in [-0.4, -0.2) is 11.7 Å². The van der Waals surface area contributed by atoms with Crippen molar-refractivity contribution in [2.75, 3.05) is 11.9 Å². The van der Waals surface area contributed by atoms with Crippen molar-refractivity contribution in [3.63, 3.8) is 0 Å². The maximum absolute atomic E-state index is 13.5. The van der Waals surface area contributed by atoms with E-state index in [4.69, 9.17) is 12.2 Å². The SMILES string of the molecule is CCc1ccc(NC(=S)NCCc2ccccc2F)cc1. The van der Waals surface area contributed by atoms with Gasteiger partial charge in [-0.1, -0.05) is 37.3 Å². The van der Waals surface area contributed by atoms with Gasteiger partial charge >= 0.3 is 0 Å². The lowest BCUT2D eigenvalue weighted by molar-refractivity contribution is 0.607. The molecule has 110 valence electrons. The summed E-state index contributed by atoms with van der Waals surface area (Å²) < 4.78 is 13.5. The van der Waals surface area contributed by atoms with Crippen LogP contribution in [0.4, 0.5) is 10.1 Å². The first-order valence-electron chi connectivity index (χ1n) is 7.06. The molecular formula is C17H19FN2S. The van der Waals surface area contributed by atoms with Gasteiger partial charge in [-0.15, -0.1) is 0 Å². The molecule has 0 saturated heterocycles. The first-order valence-corrected chi connectivity index (χ1v) is 7.47. The summed E-state index contributed by atoms with van der Waals surface area (Å²) in [5.74, 6) is -0.173. The number of benzene rings is 2. The van der Waals surface area contributed by atoms with E-state index in [2.05, 4.69) is 29.7 Å². The van der Waals surface area contributed by atoms with Gasteiger partial charge in [0.1, 0.15) is 5.82 Å². The quantitative estimate of drug-likeness (QED) is 0.819. The Kier molecular flexibility index (Phi) is 5.69. The van der Waals surface area contributed by atoms with Crippen molar-refractivity contribution >= 4 is 23.0 Å². The largest absolute Gasteiger partial charge is 0.362 e. The molecule has 0 aromatic heterocycles. The zero-order valence-electron chi connectivity index (χ0n) is 12.0. The lowest BCUT2D eigenvalue weighted by Crippen LogP contribution is -2.30. The second-order valence-electron chi connectivity index (χ2n) is 4.77. The van der Waals surface area contributed by atoms with E-state index in [-0.39, 0.29) is 5.82 Å². The van der Waals surface area contributed by atoms with E-state index in [1.165, 1.54) is 11.6 Å². The fraction of sp³-hybridized carbons (Fsp3) is 0.235. The number of hydrogen-bond acceptors (Lipinski definition) is 1. The highest BCUT2D eigenvalue weighted by Gasteiger charge is 2.01. The molecule has 0 aliphatic heterocycles. The molecular weight excluding hydrogens is 283 g/mol. The van der Waals surface area contributed by atoms with Gasteiger partial charge in [0.2, 0.25) is 0 Å². The zero-order chi connectivity index (χ0) is 15.1. The normalized spacial score (nSPS) is 10.2. The number of hydrogen-bond donors (Lipinski definition) is 2. The van der Waals surface area contributed by atoms with Gasteiger partial charge < -0.3 is 10.6 Å². The maximum atomic E-state index is 13.5. The number of thiocarbonyl (C=S) groups is 1. The third kappa shape index (κ3) is 4.83. The standard InChI is InChI=1S/C17H19FN2S/c1-2-13-7-9-15(10-8-13)20-17(21)19-12-11-14-5-3-4-6-16(14)18/h3-10H,2,11-12H2,1H3,(H2,19,20,21). The third-order valence-electron chi connectivity index (χ3n) is 3.26. The highest BCUT2D eigenvalue weighted by atomic mass is 32.1. The topological polar surface area (TPSA) is 24.1 Å². The minimum atomic E-state index is -0.173. The van der Waals surface area contributed by atoms with Crippen molar-refractivity contribution in [1.82, 2.24) is 5.32 Å². The molecule has 0 atom stereocenters. The first kappa shape index (κ1) is 15.4. The molecule has 0 amide bonds. The van der Waals surface area contributed by atoms with E-state index in [9.17, 15) is 4.39 Å². The van der Waals surface area contributed by atoms with Gasteiger partial charge in [-0.05, 0) is 54.4 Å². The van der Waals surface area contributed by atoms with E-state index >= 15 is 0 Å². The van der Waals surface area contributed by atoms with Crippen LogP contribution in [0.2, 0.25) is 0 Å². The second-order valence-corrected chi connectivity index (χ2v) is 5.18. The summed E-state index contributed by atoms with van der Waals surface area (Å²) in [5, 5.41) is 6.76. The number of rotatable bonds is 5. The fourth-order valence-electron chi connectivity index (χ4n) is 2.01. The number of nitrogens with one attached hydrogen (secondary N) is 2. The van der Waals surface area contributed by atoms with Crippen molar-refractivity contribution in [1.29, 1.82) is 0 Å². The lowest BCUT2D eigenvalue weighted by atomic mass is 10.1. The molecule has 0 aliphatic carbocycles. The lowest BCUT2D eigenvalue weighted by Gasteiger charge is -2.11. The van der Waals surface area contributed by atoms with Gasteiger partial charge in [-0.25, -0.2) is 4.39 Å². The Morgan fingerprint density at radius 3 is 2.48 bits per heavy atom. The van der Waals surface area contributed by atoms with Crippen molar-refractivity contribution in [2.45, 2.75) is 19.8 Å². The monoisotopic (exact) mass is 302 g/mol. The number of anilines is 1. The van der Waals surface area contributed by atoms with Crippen molar-refractivity contribution in [3.8, 4) is 0 Å². The minimum absolute atomic E-state index is 0.173. The highest BCUT2D eigenvalue weighted by molar-refractivity contribution is 7.80. The molecule has 21 heavy (non-hydrogen) atoms. The highest BCUT2D eigenvalue weighted by Crippen LogP contribution is 2.10. The minimum Gasteiger partial charge on any atom is -0.362 e. The van der Waals surface area contributed by atoms with E-state index in [1.54, 1.807) is 12.1 Å². The van der Waals surface area contributed by atoms with Crippen LogP contribution in [0.25, 0.3) is 0 Å². The summed E-state index contributed by atoms with van der Waals surface area (Å²) in [6, 6.07) is 14.9. The summed E-state index contributed by atoms with van der Waals surface area (Å²) in [4.78, 5) is 0. The van der Waals surface area contributed by atoms with Gasteiger partial charge in [0, 0.05) is 12.2 Å². The van der Waals surface area contributed by atoms with Gasteiger partial charge in [0.05, 0.1) is 0 Å². The second kappa shape index (κ2) is 7.74. The Morgan fingerprint density at radius 2 is 1.81 bits per heavy atom. The molecule has 2 aromatic rings. The molecule has 2 aromatic carbocycles. The predicted molar refractivity (Wildman–Crippen MR) is 90.1 cm³/mol. The Morgan fingerprint density at radius 1 is 1.10 bits per heavy atom. The third-order valence-corrected chi connectivity index (χ3v) is 3.50. The van der Waals surface area contributed by atoms with Crippen LogP contribution in [0.3, 0.4) is 0 Å². The van der Waals surface area contributed by atoms with Gasteiger partial charge in [0.25, 0.3) is 0 Å². The Bertz CT molecular complexity index is 596. The summed E-state index contributed by atoms with van der Waals surface area (Å²) in [5.41, 5.74) is 2.94. The van der Waals surface area contributed by atoms with E-state index in [0.717, 1.165) is 12.1 Å². The van der Waals surface area contributed by atoms with Gasteiger partial charge in [-0.2, -0.15) is 0 Å². The molecule has 0 unspecified atom stereocenters. The van der Waals surface area contributed by atoms with Crippen LogP contribution in [0.15, 0.2) is 48.5 Å². The van der Waals surface area contributed by atoms with Crippen LogP contribution >= 0.6 is 12.2 Å². The molecule has 0 bridgehead atoms. The van der Waals surface area contributed by atoms with E-state index in [0.29, 0.717) is 23.6 Å². The summed E-state index contributed by atoms with van der Waals surface area (Å²) in [6.07, 6.45) is 1.62. The number of halogens is 1. The van der Waals surface area contributed by atoms with Crippen LogP contribution in [-0.2, 0) is 12.8 Å². The van der Waals surface area contributed by atoms with E-state index in [1.807, 2.05) is 18.2 Å². The molecule has 0 aliphatic rings. The summed E-state index contributed by atoms with van der Waals surface area (Å²) in [6.45, 7) is 2.72. The maximum Gasteiger partial charge on any atom is 0.170 e.